The van der Waals surface area contributed by atoms with Gasteiger partial charge in [0, 0.05) is 11.1 Å². The highest BCUT2D eigenvalue weighted by Gasteiger charge is 2.47. The Morgan fingerprint density at radius 3 is 1.44 bits per heavy atom. The fraction of sp³-hybridized carbons (Fsp3) is 0.188. The van der Waals surface area contributed by atoms with Crippen LogP contribution in [-0.2, 0) is 50.1 Å². The first-order valence-electron chi connectivity index (χ1n) is 19.4. The Kier molecular flexibility index (Phi) is 12.3. The Labute approximate surface area is 350 Å². The first-order chi connectivity index (χ1) is 29.7. The molecule has 4 atom stereocenters. The van der Waals surface area contributed by atoms with Crippen molar-refractivity contribution < 1.29 is 63.2 Å². The van der Waals surface area contributed by atoms with E-state index in [-0.39, 0.29) is 26.4 Å². The molecule has 0 saturated carbocycles. The predicted octanol–water partition coefficient (Wildman–Crippen LogP) is 7.76. The standard InChI is InChI=1S/C48H41O13/c49-35-21-33-39(41(51)43(35)57-24-30-15-7-2-8-16-30)40-34(22-36(50)44(42(40)52)58-25-31-17-9-3-10-18-31)48(54)61-46-38(28-60-47(33)53)56-27-37(55-23-29-13-5-1-6-14-29)45(46)59-26-32-19-11-4-12-20-32/h1-22,27,37-38,45-46,49-52H,23-26,28H2/t37-,38-,45+,46-/m1/s1. The monoisotopic (exact) mass is 825 g/mol. The molecule has 1 radical (unpaired) electrons. The van der Waals surface area contributed by atoms with Gasteiger partial charge in [0.25, 0.3) is 0 Å². The summed E-state index contributed by atoms with van der Waals surface area (Å²) in [4.78, 5) is 28.9. The molecule has 1 saturated heterocycles. The minimum absolute atomic E-state index is 0.0652. The summed E-state index contributed by atoms with van der Waals surface area (Å²) in [5.74, 6) is -6.11. The second-order valence-electron chi connectivity index (χ2n) is 14.3. The Balaban J connectivity index is 1.23. The number of phenols is 4. The summed E-state index contributed by atoms with van der Waals surface area (Å²) in [7, 11) is 0. The quantitative estimate of drug-likeness (QED) is 0.0881. The molecule has 0 bridgehead atoms. The van der Waals surface area contributed by atoms with Crippen molar-refractivity contribution in [3.63, 3.8) is 0 Å². The van der Waals surface area contributed by atoms with Gasteiger partial charge in [-0.3, -0.25) is 0 Å². The van der Waals surface area contributed by atoms with E-state index in [0.717, 1.165) is 23.3 Å². The molecule has 61 heavy (non-hydrogen) atoms. The molecule has 13 nitrogen and oxygen atoms in total. The molecule has 2 aliphatic rings. The van der Waals surface area contributed by atoms with Gasteiger partial charge in [0.2, 0.25) is 11.5 Å². The lowest BCUT2D eigenvalue weighted by molar-refractivity contribution is -0.206. The highest BCUT2D eigenvalue weighted by atomic mass is 16.6. The molecule has 0 amide bonds. The molecule has 6 aromatic rings. The number of aromatic hydroxyl groups is 4. The average molecular weight is 826 g/mol. The molecular formula is C48H41O13. The minimum Gasteiger partial charge on any atom is -0.504 e. The van der Waals surface area contributed by atoms with E-state index in [1.165, 1.54) is 6.61 Å². The molecule has 0 aliphatic carbocycles. The number of phenolic OH excluding ortho intramolecular Hbond substituents is 4. The minimum atomic E-state index is -1.33. The summed E-state index contributed by atoms with van der Waals surface area (Å²) in [5, 5.41) is 46.7. The van der Waals surface area contributed by atoms with Gasteiger partial charge in [-0.25, -0.2) is 9.59 Å². The van der Waals surface area contributed by atoms with Crippen LogP contribution in [0.3, 0.4) is 0 Å². The van der Waals surface area contributed by atoms with E-state index in [2.05, 4.69) is 0 Å². The number of benzene rings is 6. The van der Waals surface area contributed by atoms with Crippen LogP contribution in [0, 0.1) is 6.61 Å². The largest absolute Gasteiger partial charge is 0.504 e. The summed E-state index contributed by atoms with van der Waals surface area (Å²) in [6, 6.07) is 38.5. The summed E-state index contributed by atoms with van der Waals surface area (Å²) >= 11 is 0. The first kappa shape index (κ1) is 40.7. The van der Waals surface area contributed by atoms with Crippen LogP contribution in [0.2, 0.25) is 0 Å². The lowest BCUT2D eigenvalue weighted by Gasteiger charge is -2.41. The molecule has 0 spiro atoms. The van der Waals surface area contributed by atoms with Crippen molar-refractivity contribution in [2.24, 2.45) is 0 Å². The summed E-state index contributed by atoms with van der Waals surface area (Å²) in [5.41, 5.74) is 1.09. The molecule has 2 heterocycles. The van der Waals surface area contributed by atoms with Gasteiger partial charge in [-0.1, -0.05) is 121 Å². The number of cyclic esters (lactones) is 1. The van der Waals surface area contributed by atoms with E-state index in [0.29, 0.717) is 11.1 Å². The molecule has 8 rings (SSSR count). The van der Waals surface area contributed by atoms with Crippen LogP contribution in [0.5, 0.6) is 34.5 Å². The topological polar surface area (TPSA) is 180 Å². The second kappa shape index (κ2) is 18.5. The number of carbonyl (C=O) groups is 2. The highest BCUT2D eigenvalue weighted by molar-refractivity contribution is 6.08. The molecule has 13 heteroatoms. The fourth-order valence-corrected chi connectivity index (χ4v) is 7.13. The van der Waals surface area contributed by atoms with Gasteiger partial charge < -0.3 is 53.6 Å². The molecule has 0 aromatic heterocycles. The van der Waals surface area contributed by atoms with Crippen molar-refractivity contribution in [1.82, 2.24) is 0 Å². The third-order valence-electron chi connectivity index (χ3n) is 10.2. The zero-order valence-corrected chi connectivity index (χ0v) is 32.6. The van der Waals surface area contributed by atoms with Gasteiger partial charge in [-0.05, 0) is 34.4 Å². The van der Waals surface area contributed by atoms with Crippen molar-refractivity contribution in [3.8, 4) is 45.6 Å². The lowest BCUT2D eigenvalue weighted by atomic mass is 9.91. The molecule has 4 N–H and O–H groups in total. The van der Waals surface area contributed by atoms with Crippen molar-refractivity contribution in [3.05, 3.63) is 173 Å². The molecule has 311 valence electrons. The van der Waals surface area contributed by atoms with Crippen LogP contribution in [0.4, 0.5) is 0 Å². The number of esters is 2. The van der Waals surface area contributed by atoms with Gasteiger partial charge in [0.05, 0.1) is 24.3 Å². The Morgan fingerprint density at radius 2 is 0.967 bits per heavy atom. The second-order valence-corrected chi connectivity index (χ2v) is 14.3. The van der Waals surface area contributed by atoms with E-state index in [9.17, 15) is 30.0 Å². The average Bonchev–Trinajstić information content (AvgIpc) is 3.30. The maximum absolute atomic E-state index is 14.7. The Bertz CT molecular complexity index is 2460. The van der Waals surface area contributed by atoms with E-state index in [1.54, 1.807) is 48.5 Å². The smallest absolute Gasteiger partial charge is 0.339 e. The zero-order valence-electron chi connectivity index (χ0n) is 32.6. The number of rotatable bonds is 12. The van der Waals surface area contributed by atoms with Gasteiger partial charge in [0.15, 0.2) is 29.1 Å². The normalized spacial score (nSPS) is 18.6. The van der Waals surface area contributed by atoms with E-state index < -0.39 is 99.7 Å². The van der Waals surface area contributed by atoms with Gasteiger partial charge in [0.1, 0.15) is 44.7 Å². The van der Waals surface area contributed by atoms with E-state index in [1.807, 2.05) is 72.8 Å². The Morgan fingerprint density at radius 1 is 0.541 bits per heavy atom. The molecular weight excluding hydrogens is 785 g/mol. The van der Waals surface area contributed by atoms with Crippen molar-refractivity contribution in [2.45, 2.75) is 50.8 Å². The van der Waals surface area contributed by atoms with Crippen molar-refractivity contribution >= 4 is 11.9 Å². The summed E-state index contributed by atoms with van der Waals surface area (Å²) in [6.07, 6.45) is -4.46. The molecule has 1 fully saturated rings. The fourth-order valence-electron chi connectivity index (χ4n) is 7.13. The number of carbonyl (C=O) groups excluding carboxylic acids is 2. The SMILES string of the molecule is O=C1OC[C@H]2O[CH][C@@H](OCc3ccccc3)[C@H](OCc3ccccc3)[C@@H]2OC(=O)c2cc(O)c(OCc3ccccc3)c(O)c2-c2c1cc(O)c(OCc1ccccc1)c2O. The summed E-state index contributed by atoms with van der Waals surface area (Å²) in [6.45, 7) is 0.842. The number of fused-ring (bicyclic) bond motifs is 4. The molecule has 6 aromatic carbocycles. The third kappa shape index (κ3) is 9.09. The van der Waals surface area contributed by atoms with Crippen LogP contribution < -0.4 is 9.47 Å². The third-order valence-corrected chi connectivity index (χ3v) is 10.2. The van der Waals surface area contributed by atoms with Gasteiger partial charge in [-0.2, -0.15) is 0 Å². The van der Waals surface area contributed by atoms with Crippen LogP contribution in [0.1, 0.15) is 43.0 Å². The van der Waals surface area contributed by atoms with Crippen LogP contribution in [0.15, 0.2) is 133 Å². The predicted molar refractivity (Wildman–Crippen MR) is 219 cm³/mol. The Hall–Kier alpha value is -7.06. The van der Waals surface area contributed by atoms with Crippen molar-refractivity contribution in [1.29, 1.82) is 0 Å². The van der Waals surface area contributed by atoms with Crippen LogP contribution >= 0.6 is 0 Å². The van der Waals surface area contributed by atoms with Crippen LogP contribution in [0.25, 0.3) is 11.1 Å². The molecule has 0 unspecified atom stereocenters. The van der Waals surface area contributed by atoms with Gasteiger partial charge in [-0.15, -0.1) is 0 Å². The molecule has 2 aliphatic heterocycles. The maximum atomic E-state index is 14.7. The number of hydrogen-bond donors (Lipinski definition) is 4. The van der Waals surface area contributed by atoms with Crippen LogP contribution in [-0.4, -0.2) is 63.4 Å². The number of hydrogen-bond acceptors (Lipinski definition) is 13. The number of ether oxygens (including phenoxy) is 7. The summed E-state index contributed by atoms with van der Waals surface area (Å²) < 4.78 is 42.6. The lowest BCUT2D eigenvalue weighted by Crippen LogP contribution is -2.56. The maximum Gasteiger partial charge on any atom is 0.339 e. The first-order valence-corrected chi connectivity index (χ1v) is 19.4. The van der Waals surface area contributed by atoms with E-state index >= 15 is 0 Å². The van der Waals surface area contributed by atoms with Crippen molar-refractivity contribution in [2.75, 3.05) is 6.61 Å². The highest BCUT2D eigenvalue weighted by Crippen LogP contribution is 2.54. The van der Waals surface area contributed by atoms with E-state index in [4.69, 9.17) is 33.2 Å². The van der Waals surface area contributed by atoms with Gasteiger partial charge >= 0.3 is 11.9 Å². The zero-order chi connectivity index (χ0) is 42.3.